The molecule has 0 radical (unpaired) electrons. The number of halogens is 2. The average Bonchev–Trinajstić information content (AvgIpc) is 2.42. The molecule has 1 heterocycles. The van der Waals surface area contributed by atoms with E-state index in [9.17, 15) is 12.8 Å². The molecule has 0 saturated carbocycles. The van der Waals surface area contributed by atoms with Gasteiger partial charge in [-0.3, -0.25) is 9.71 Å². The van der Waals surface area contributed by atoms with E-state index in [1.54, 1.807) is 7.05 Å². The fourth-order valence-electron chi connectivity index (χ4n) is 1.57. The van der Waals surface area contributed by atoms with Crippen molar-refractivity contribution in [3.63, 3.8) is 0 Å². The molecule has 0 spiro atoms. The number of rotatable bonds is 4. The zero-order valence-corrected chi connectivity index (χ0v) is 12.0. The molecule has 5 nitrogen and oxygen atoms in total. The van der Waals surface area contributed by atoms with Gasteiger partial charge in [0.2, 0.25) is 0 Å². The Kier molecular flexibility index (Phi) is 4.10. The molecule has 2 N–H and O–H groups in total. The van der Waals surface area contributed by atoms with E-state index in [0.717, 1.165) is 6.07 Å². The number of hydrogen-bond donors (Lipinski definition) is 2. The van der Waals surface area contributed by atoms with Gasteiger partial charge in [0.05, 0.1) is 11.4 Å². The molecule has 0 aliphatic carbocycles. The van der Waals surface area contributed by atoms with Gasteiger partial charge in [-0.1, -0.05) is 11.6 Å². The van der Waals surface area contributed by atoms with Crippen molar-refractivity contribution < 1.29 is 12.8 Å². The van der Waals surface area contributed by atoms with Crippen LogP contribution in [0.3, 0.4) is 0 Å². The minimum atomic E-state index is -3.95. The molecule has 2 aromatic rings. The summed E-state index contributed by atoms with van der Waals surface area (Å²) in [4.78, 5) is 3.69. The first kappa shape index (κ1) is 14.5. The Morgan fingerprint density at radius 1 is 1.25 bits per heavy atom. The minimum Gasteiger partial charge on any atom is -0.387 e. The molecule has 0 unspecified atom stereocenters. The zero-order valence-electron chi connectivity index (χ0n) is 10.4. The number of nitrogens with one attached hydrogen (secondary N) is 2. The Balaban J connectivity index is 2.41. The summed E-state index contributed by atoms with van der Waals surface area (Å²) in [7, 11) is -2.37. The summed E-state index contributed by atoms with van der Waals surface area (Å²) >= 11 is 5.62. The van der Waals surface area contributed by atoms with E-state index in [0.29, 0.717) is 5.69 Å². The van der Waals surface area contributed by atoms with Crippen LogP contribution in [0.2, 0.25) is 5.02 Å². The number of pyridine rings is 1. The van der Waals surface area contributed by atoms with Gasteiger partial charge in [0.25, 0.3) is 10.0 Å². The van der Waals surface area contributed by atoms with Crippen LogP contribution in [0.15, 0.2) is 41.6 Å². The van der Waals surface area contributed by atoms with Crippen molar-refractivity contribution in [1.82, 2.24) is 4.98 Å². The van der Waals surface area contributed by atoms with E-state index < -0.39 is 15.8 Å². The van der Waals surface area contributed by atoms with Crippen molar-refractivity contribution in [2.45, 2.75) is 4.90 Å². The predicted molar refractivity (Wildman–Crippen MR) is 76.0 cm³/mol. The van der Waals surface area contributed by atoms with Gasteiger partial charge in [-0.2, -0.15) is 0 Å². The van der Waals surface area contributed by atoms with Crippen LogP contribution in [0.25, 0.3) is 0 Å². The van der Waals surface area contributed by atoms with E-state index in [2.05, 4.69) is 15.0 Å². The summed E-state index contributed by atoms with van der Waals surface area (Å²) in [5.74, 6) is -0.754. The van der Waals surface area contributed by atoms with Crippen molar-refractivity contribution in [2.75, 3.05) is 17.1 Å². The molecule has 0 aliphatic rings. The third kappa shape index (κ3) is 3.00. The maximum Gasteiger partial charge on any atom is 0.265 e. The van der Waals surface area contributed by atoms with Crippen LogP contribution in [0.5, 0.6) is 0 Å². The number of benzene rings is 1. The van der Waals surface area contributed by atoms with Gasteiger partial charge in [-0.25, -0.2) is 12.8 Å². The lowest BCUT2D eigenvalue weighted by molar-refractivity contribution is 0.598. The minimum absolute atomic E-state index is 0.0724. The third-order valence-corrected chi connectivity index (χ3v) is 4.15. The van der Waals surface area contributed by atoms with Crippen molar-refractivity contribution in [3.05, 3.63) is 47.5 Å². The second kappa shape index (κ2) is 5.64. The third-order valence-electron chi connectivity index (χ3n) is 2.52. The molecular formula is C12H11ClFN3O2S. The Hall–Kier alpha value is -1.86. The van der Waals surface area contributed by atoms with Crippen LogP contribution in [-0.4, -0.2) is 20.4 Å². The van der Waals surface area contributed by atoms with Gasteiger partial charge in [0.1, 0.15) is 10.7 Å². The van der Waals surface area contributed by atoms with Gasteiger partial charge in [-0.15, -0.1) is 0 Å². The molecule has 20 heavy (non-hydrogen) atoms. The van der Waals surface area contributed by atoms with E-state index in [4.69, 9.17) is 11.6 Å². The Morgan fingerprint density at radius 2 is 2.00 bits per heavy atom. The van der Waals surface area contributed by atoms with Crippen molar-refractivity contribution in [1.29, 1.82) is 0 Å². The SMILES string of the molecule is CNc1ccncc1S(=O)(=O)Nc1ccc(Cl)cc1F. The number of aromatic nitrogens is 1. The summed E-state index contributed by atoms with van der Waals surface area (Å²) < 4.78 is 40.3. The molecule has 0 saturated heterocycles. The summed E-state index contributed by atoms with van der Waals surface area (Å²) in [5.41, 5.74) is 0.183. The molecule has 0 aliphatic heterocycles. The van der Waals surface area contributed by atoms with Crippen LogP contribution in [0, 0.1) is 5.82 Å². The Labute approximate surface area is 120 Å². The van der Waals surface area contributed by atoms with Crippen molar-refractivity contribution >= 4 is 33.0 Å². The highest BCUT2D eigenvalue weighted by atomic mass is 35.5. The molecule has 1 aromatic heterocycles. The Morgan fingerprint density at radius 3 is 2.65 bits per heavy atom. The van der Waals surface area contributed by atoms with Crippen LogP contribution < -0.4 is 10.0 Å². The second-order valence-corrected chi connectivity index (χ2v) is 5.94. The smallest absolute Gasteiger partial charge is 0.265 e. The Bertz CT molecular complexity index is 737. The summed E-state index contributed by atoms with van der Waals surface area (Å²) in [6.07, 6.45) is 2.63. The number of sulfonamides is 1. The van der Waals surface area contributed by atoms with Crippen molar-refractivity contribution in [3.8, 4) is 0 Å². The van der Waals surface area contributed by atoms with Crippen LogP contribution in [0.4, 0.5) is 15.8 Å². The molecule has 0 fully saturated rings. The van der Waals surface area contributed by atoms with Gasteiger partial charge >= 0.3 is 0 Å². The summed E-state index contributed by atoms with van der Waals surface area (Å²) in [5, 5.41) is 2.92. The maximum atomic E-state index is 13.6. The molecule has 8 heteroatoms. The monoisotopic (exact) mass is 315 g/mol. The molecule has 1 aromatic carbocycles. The quantitative estimate of drug-likeness (QED) is 0.910. The number of nitrogens with zero attached hydrogens (tertiary/aromatic N) is 1. The molecule has 0 bridgehead atoms. The molecule has 0 amide bonds. The standard InChI is InChI=1S/C12H11ClFN3O2S/c1-15-11-4-5-16-7-12(11)20(18,19)17-10-3-2-8(13)6-9(10)14/h2-7,17H,1H3,(H,15,16). The summed E-state index contributed by atoms with van der Waals surface area (Å²) in [6, 6.07) is 5.18. The fourth-order valence-corrected chi connectivity index (χ4v) is 2.96. The van der Waals surface area contributed by atoms with Gasteiger partial charge in [0.15, 0.2) is 0 Å². The summed E-state index contributed by atoms with van der Waals surface area (Å²) in [6.45, 7) is 0. The fraction of sp³-hybridized carbons (Fsp3) is 0.0833. The van der Waals surface area contributed by atoms with Gasteiger partial charge in [-0.05, 0) is 24.3 Å². The first-order valence-corrected chi connectivity index (χ1v) is 7.40. The highest BCUT2D eigenvalue weighted by Gasteiger charge is 2.20. The topological polar surface area (TPSA) is 71.1 Å². The highest BCUT2D eigenvalue weighted by Crippen LogP contribution is 2.25. The van der Waals surface area contributed by atoms with E-state index in [-0.39, 0.29) is 15.6 Å². The molecule has 106 valence electrons. The largest absolute Gasteiger partial charge is 0.387 e. The van der Waals surface area contributed by atoms with Gasteiger partial charge < -0.3 is 5.32 Å². The second-order valence-electron chi connectivity index (χ2n) is 3.85. The normalized spacial score (nSPS) is 11.2. The van der Waals surface area contributed by atoms with E-state index >= 15 is 0 Å². The highest BCUT2D eigenvalue weighted by molar-refractivity contribution is 7.92. The lowest BCUT2D eigenvalue weighted by atomic mass is 10.3. The van der Waals surface area contributed by atoms with Gasteiger partial charge in [0, 0.05) is 24.5 Å². The van der Waals surface area contributed by atoms with Crippen LogP contribution in [-0.2, 0) is 10.0 Å². The number of anilines is 2. The van der Waals surface area contributed by atoms with Crippen LogP contribution >= 0.6 is 11.6 Å². The van der Waals surface area contributed by atoms with E-state index in [1.165, 1.54) is 30.6 Å². The van der Waals surface area contributed by atoms with Crippen LogP contribution in [0.1, 0.15) is 0 Å². The zero-order chi connectivity index (χ0) is 14.8. The first-order valence-electron chi connectivity index (χ1n) is 5.53. The maximum absolute atomic E-state index is 13.6. The average molecular weight is 316 g/mol. The van der Waals surface area contributed by atoms with E-state index in [1.807, 2.05) is 0 Å². The molecule has 2 rings (SSSR count). The van der Waals surface area contributed by atoms with Crippen molar-refractivity contribution in [2.24, 2.45) is 0 Å². The number of hydrogen-bond acceptors (Lipinski definition) is 4. The first-order chi connectivity index (χ1) is 9.44. The lowest BCUT2D eigenvalue weighted by Gasteiger charge is -2.12. The predicted octanol–water partition coefficient (Wildman–Crippen LogP) is 2.72. The molecule has 0 atom stereocenters. The molecular weight excluding hydrogens is 305 g/mol. The lowest BCUT2D eigenvalue weighted by Crippen LogP contribution is -2.15.